The molecule has 0 bridgehead atoms. The highest BCUT2D eigenvalue weighted by molar-refractivity contribution is 5.96. The predicted molar refractivity (Wildman–Crippen MR) is 95.4 cm³/mol. The van der Waals surface area contributed by atoms with Crippen LogP contribution in [0.1, 0.15) is 12.5 Å². The minimum atomic E-state index is -0.526. The summed E-state index contributed by atoms with van der Waals surface area (Å²) in [4.78, 5) is 23.4. The fourth-order valence-corrected chi connectivity index (χ4v) is 2.09. The van der Waals surface area contributed by atoms with Crippen molar-refractivity contribution in [1.82, 2.24) is 0 Å². The van der Waals surface area contributed by atoms with Gasteiger partial charge in [-0.05, 0) is 49.7 Å². The van der Waals surface area contributed by atoms with Crippen LogP contribution in [0.25, 0.3) is 0 Å². The lowest BCUT2D eigenvalue weighted by Gasteiger charge is -2.16. The molecular weight excluding hydrogens is 306 g/mol. The van der Waals surface area contributed by atoms with Crippen molar-refractivity contribution in [2.75, 3.05) is 23.1 Å². The molecule has 0 aliphatic rings. The average molecular weight is 327 g/mol. The summed E-state index contributed by atoms with van der Waals surface area (Å²) in [6, 6.07) is 14.2. The Bertz CT molecular complexity index is 714. The number of para-hydroxylation sites is 1. The van der Waals surface area contributed by atoms with Crippen molar-refractivity contribution in [1.29, 1.82) is 0 Å². The van der Waals surface area contributed by atoms with Crippen molar-refractivity contribution in [3.63, 3.8) is 0 Å². The molecule has 0 saturated carbocycles. The third kappa shape index (κ3) is 4.74. The van der Waals surface area contributed by atoms with E-state index in [1.807, 2.05) is 31.2 Å². The van der Waals surface area contributed by atoms with Crippen LogP contribution < -0.4 is 16.0 Å². The quantitative estimate of drug-likeness (QED) is 0.784. The second kappa shape index (κ2) is 8.01. The first-order valence-electron chi connectivity index (χ1n) is 7.57. The van der Waals surface area contributed by atoms with Crippen LogP contribution in [0, 0.1) is 6.92 Å². The second-order valence-corrected chi connectivity index (χ2v) is 5.36. The SMILES string of the molecule is COC(=O)Nc1ccc(NC(C)C(=O)Nc2ccccc2C)cc1. The maximum absolute atomic E-state index is 12.3. The molecule has 0 aliphatic carbocycles. The van der Waals surface area contributed by atoms with E-state index in [1.54, 1.807) is 31.2 Å². The van der Waals surface area contributed by atoms with E-state index >= 15 is 0 Å². The van der Waals surface area contributed by atoms with Crippen molar-refractivity contribution < 1.29 is 14.3 Å². The fraction of sp³-hybridized carbons (Fsp3) is 0.222. The molecule has 6 heteroatoms. The van der Waals surface area contributed by atoms with Gasteiger partial charge >= 0.3 is 6.09 Å². The molecule has 6 nitrogen and oxygen atoms in total. The van der Waals surface area contributed by atoms with Crippen LogP contribution in [-0.4, -0.2) is 25.2 Å². The number of anilines is 3. The maximum Gasteiger partial charge on any atom is 0.411 e. The van der Waals surface area contributed by atoms with Gasteiger partial charge in [0.1, 0.15) is 6.04 Å². The highest BCUT2D eigenvalue weighted by Gasteiger charge is 2.13. The molecule has 0 aliphatic heterocycles. The molecule has 0 heterocycles. The molecule has 1 atom stereocenters. The van der Waals surface area contributed by atoms with Gasteiger partial charge in [0.15, 0.2) is 0 Å². The summed E-state index contributed by atoms with van der Waals surface area (Å²) >= 11 is 0. The lowest BCUT2D eigenvalue weighted by molar-refractivity contribution is -0.116. The summed E-state index contributed by atoms with van der Waals surface area (Å²) in [6.45, 7) is 3.73. The van der Waals surface area contributed by atoms with E-state index in [9.17, 15) is 9.59 Å². The number of carbonyl (C=O) groups is 2. The number of benzene rings is 2. The van der Waals surface area contributed by atoms with E-state index in [-0.39, 0.29) is 5.91 Å². The first kappa shape index (κ1) is 17.3. The Labute approximate surface area is 141 Å². The summed E-state index contributed by atoms with van der Waals surface area (Å²) < 4.78 is 4.53. The molecule has 2 aromatic carbocycles. The Balaban J connectivity index is 1.94. The van der Waals surface area contributed by atoms with Gasteiger partial charge in [0.25, 0.3) is 0 Å². The number of hydrogen-bond donors (Lipinski definition) is 3. The number of carbonyl (C=O) groups excluding carboxylic acids is 2. The normalized spacial score (nSPS) is 11.3. The third-order valence-corrected chi connectivity index (χ3v) is 3.50. The second-order valence-electron chi connectivity index (χ2n) is 5.36. The van der Waals surface area contributed by atoms with E-state index in [0.717, 1.165) is 16.9 Å². The van der Waals surface area contributed by atoms with Gasteiger partial charge in [-0.2, -0.15) is 0 Å². The predicted octanol–water partition coefficient (Wildman–Crippen LogP) is 3.61. The van der Waals surface area contributed by atoms with Crippen molar-refractivity contribution in [3.05, 3.63) is 54.1 Å². The topological polar surface area (TPSA) is 79.5 Å². The van der Waals surface area contributed by atoms with Gasteiger partial charge < -0.3 is 15.4 Å². The van der Waals surface area contributed by atoms with E-state index < -0.39 is 12.1 Å². The van der Waals surface area contributed by atoms with Crippen LogP contribution in [0.5, 0.6) is 0 Å². The van der Waals surface area contributed by atoms with Gasteiger partial charge in [0.2, 0.25) is 5.91 Å². The number of hydrogen-bond acceptors (Lipinski definition) is 4. The molecular formula is C18H21N3O3. The molecule has 2 rings (SSSR count). The van der Waals surface area contributed by atoms with Gasteiger partial charge in [-0.15, -0.1) is 0 Å². The molecule has 2 amide bonds. The van der Waals surface area contributed by atoms with Crippen LogP contribution in [0.2, 0.25) is 0 Å². The standard InChI is InChI=1S/C18H21N3O3/c1-12-6-4-5-7-16(12)21-17(22)13(2)19-14-8-10-15(11-9-14)20-18(23)24-3/h4-11,13,19H,1-3H3,(H,20,23)(H,21,22). The number of ether oxygens (including phenoxy) is 1. The molecule has 126 valence electrons. The lowest BCUT2D eigenvalue weighted by Crippen LogP contribution is -2.32. The number of aryl methyl sites for hydroxylation is 1. The van der Waals surface area contributed by atoms with E-state index in [2.05, 4.69) is 20.7 Å². The van der Waals surface area contributed by atoms with Gasteiger partial charge in [0, 0.05) is 17.1 Å². The van der Waals surface area contributed by atoms with E-state index in [0.29, 0.717) is 5.69 Å². The van der Waals surface area contributed by atoms with Crippen LogP contribution in [0.4, 0.5) is 21.9 Å². The number of nitrogens with one attached hydrogen (secondary N) is 3. The fourth-order valence-electron chi connectivity index (χ4n) is 2.09. The molecule has 0 aromatic heterocycles. The molecule has 0 fully saturated rings. The molecule has 2 aromatic rings. The molecule has 1 unspecified atom stereocenters. The van der Waals surface area contributed by atoms with Gasteiger partial charge in [-0.25, -0.2) is 4.79 Å². The first-order valence-corrected chi connectivity index (χ1v) is 7.57. The minimum Gasteiger partial charge on any atom is -0.453 e. The van der Waals surface area contributed by atoms with E-state index in [1.165, 1.54) is 7.11 Å². The highest BCUT2D eigenvalue weighted by Crippen LogP contribution is 2.16. The Kier molecular flexibility index (Phi) is 5.78. The maximum atomic E-state index is 12.3. The minimum absolute atomic E-state index is 0.124. The van der Waals surface area contributed by atoms with Crippen molar-refractivity contribution in [2.24, 2.45) is 0 Å². The molecule has 0 spiro atoms. The summed E-state index contributed by atoms with van der Waals surface area (Å²) in [5.74, 6) is -0.124. The number of amides is 2. The van der Waals surface area contributed by atoms with Crippen LogP contribution in [-0.2, 0) is 9.53 Å². The van der Waals surface area contributed by atoms with Crippen LogP contribution >= 0.6 is 0 Å². The summed E-state index contributed by atoms with van der Waals surface area (Å²) in [5.41, 5.74) is 3.20. The molecule has 24 heavy (non-hydrogen) atoms. The smallest absolute Gasteiger partial charge is 0.411 e. The van der Waals surface area contributed by atoms with Crippen molar-refractivity contribution in [3.8, 4) is 0 Å². The Hall–Kier alpha value is -3.02. The van der Waals surface area contributed by atoms with Crippen LogP contribution in [0.3, 0.4) is 0 Å². The summed E-state index contributed by atoms with van der Waals surface area (Å²) in [7, 11) is 1.31. The van der Waals surface area contributed by atoms with Gasteiger partial charge in [-0.1, -0.05) is 18.2 Å². The Morgan fingerprint density at radius 2 is 1.58 bits per heavy atom. The number of methoxy groups -OCH3 is 1. The third-order valence-electron chi connectivity index (χ3n) is 3.50. The van der Waals surface area contributed by atoms with Crippen molar-refractivity contribution >= 4 is 29.1 Å². The molecule has 3 N–H and O–H groups in total. The average Bonchev–Trinajstić information content (AvgIpc) is 2.58. The Morgan fingerprint density at radius 3 is 2.21 bits per heavy atom. The lowest BCUT2D eigenvalue weighted by atomic mass is 10.2. The van der Waals surface area contributed by atoms with Gasteiger partial charge in [0.05, 0.1) is 7.11 Å². The zero-order valence-corrected chi connectivity index (χ0v) is 13.9. The van der Waals surface area contributed by atoms with Crippen molar-refractivity contribution in [2.45, 2.75) is 19.9 Å². The van der Waals surface area contributed by atoms with E-state index in [4.69, 9.17) is 0 Å². The highest BCUT2D eigenvalue weighted by atomic mass is 16.5. The summed E-state index contributed by atoms with van der Waals surface area (Å²) in [6.07, 6.45) is -0.526. The Morgan fingerprint density at radius 1 is 0.958 bits per heavy atom. The molecule has 0 saturated heterocycles. The largest absolute Gasteiger partial charge is 0.453 e. The molecule has 0 radical (unpaired) electrons. The number of rotatable bonds is 5. The summed E-state index contributed by atoms with van der Waals surface area (Å²) in [5, 5.41) is 8.59. The monoisotopic (exact) mass is 327 g/mol. The first-order chi connectivity index (χ1) is 11.5. The zero-order chi connectivity index (χ0) is 17.5. The zero-order valence-electron chi connectivity index (χ0n) is 13.9. The van der Waals surface area contributed by atoms with Crippen LogP contribution in [0.15, 0.2) is 48.5 Å². The van der Waals surface area contributed by atoms with Gasteiger partial charge in [-0.3, -0.25) is 10.1 Å².